The summed E-state index contributed by atoms with van der Waals surface area (Å²) in [6, 6.07) is 0.595. The molecule has 0 bridgehead atoms. The Morgan fingerprint density at radius 1 is 1.20 bits per heavy atom. The molecule has 0 N–H and O–H groups in total. The average Bonchev–Trinajstić information content (AvgIpc) is 2.24. The highest BCUT2D eigenvalue weighted by Crippen LogP contribution is 2.44. The van der Waals surface area contributed by atoms with E-state index in [0.29, 0.717) is 6.04 Å². The van der Waals surface area contributed by atoms with Gasteiger partial charge >= 0.3 is 0 Å². The molecule has 0 aromatic heterocycles. The van der Waals surface area contributed by atoms with E-state index in [1.54, 1.807) is 0 Å². The fourth-order valence-electron chi connectivity index (χ4n) is 4.32. The first-order chi connectivity index (χ1) is 8.94. The largest absolute Gasteiger partial charge is 0.343 e. The molecule has 0 aliphatic heterocycles. The van der Waals surface area contributed by atoms with Crippen LogP contribution in [0.25, 0.3) is 0 Å². The molecule has 2 unspecified atom stereocenters. The van der Waals surface area contributed by atoms with Gasteiger partial charge in [0, 0.05) is 5.41 Å². The molecule has 0 aromatic rings. The lowest BCUT2D eigenvalue weighted by Gasteiger charge is -2.53. The van der Waals surface area contributed by atoms with Crippen molar-refractivity contribution in [3.05, 3.63) is 0 Å². The van der Waals surface area contributed by atoms with Crippen LogP contribution in [0.15, 0.2) is 0 Å². The summed E-state index contributed by atoms with van der Waals surface area (Å²) in [6.07, 6.45) is 5.44. The molecule has 1 rings (SSSR count). The van der Waals surface area contributed by atoms with E-state index in [1.807, 2.05) is 0 Å². The van der Waals surface area contributed by atoms with E-state index in [9.17, 15) is 4.79 Å². The molecule has 2 atom stereocenters. The molecule has 5 heteroatoms. The van der Waals surface area contributed by atoms with Gasteiger partial charge in [0.15, 0.2) is 5.12 Å². The second kappa shape index (κ2) is 6.27. The molecule has 1 saturated carbocycles. The molecule has 1 aliphatic carbocycles. The second-order valence-electron chi connectivity index (χ2n) is 8.40. The van der Waals surface area contributed by atoms with Crippen LogP contribution in [0.4, 0.5) is 0 Å². The van der Waals surface area contributed by atoms with Crippen LogP contribution in [0, 0.1) is 5.41 Å². The monoisotopic (exact) mass is 331 g/mol. The summed E-state index contributed by atoms with van der Waals surface area (Å²) in [7, 11) is -2.72. The number of thiol groups is 1. The quantitative estimate of drug-likeness (QED) is 0.579. The molecule has 0 heterocycles. The topological polar surface area (TPSA) is 20.3 Å². The van der Waals surface area contributed by atoms with Crippen LogP contribution in [-0.4, -0.2) is 31.9 Å². The summed E-state index contributed by atoms with van der Waals surface area (Å²) in [4.78, 5) is 12.1. The molecule has 2 nitrogen and oxygen atoms in total. The van der Waals surface area contributed by atoms with Crippen molar-refractivity contribution in [2.75, 3.05) is 0 Å². The van der Waals surface area contributed by atoms with Crippen molar-refractivity contribution in [2.24, 2.45) is 5.41 Å². The first-order valence-electron chi connectivity index (χ1n) is 7.97. The Morgan fingerprint density at radius 3 is 2.05 bits per heavy atom. The fraction of sp³-hybridized carbons (Fsp3) is 0.933. The maximum absolute atomic E-state index is 12.1. The minimum Gasteiger partial charge on any atom is -0.343 e. The van der Waals surface area contributed by atoms with Gasteiger partial charge in [-0.1, -0.05) is 52.6 Å². The lowest BCUT2D eigenvalue weighted by molar-refractivity contribution is -0.122. The minimum absolute atomic E-state index is 0.121. The van der Waals surface area contributed by atoms with Crippen LogP contribution in [-0.2, 0) is 4.79 Å². The predicted octanol–water partition coefficient (Wildman–Crippen LogP) is 4.75. The average molecular weight is 332 g/mol. The molecule has 1 aliphatic rings. The maximum Gasteiger partial charge on any atom is 0.192 e. The first-order valence-corrected chi connectivity index (χ1v) is 15.3. The van der Waals surface area contributed by atoms with Gasteiger partial charge < -0.3 is 4.23 Å². The molecule has 0 saturated heterocycles. The molecule has 20 heavy (non-hydrogen) atoms. The Morgan fingerprint density at radius 2 is 1.70 bits per heavy atom. The first kappa shape index (κ1) is 18.5. The van der Waals surface area contributed by atoms with E-state index >= 15 is 0 Å². The van der Waals surface area contributed by atoms with Gasteiger partial charge in [-0.25, -0.2) is 0 Å². The van der Waals surface area contributed by atoms with Crippen molar-refractivity contribution in [3.8, 4) is 0 Å². The van der Waals surface area contributed by atoms with Crippen LogP contribution in [0.2, 0.25) is 39.3 Å². The smallest absolute Gasteiger partial charge is 0.192 e. The van der Waals surface area contributed by atoms with Gasteiger partial charge in [0.2, 0.25) is 0 Å². The molecule has 1 fully saturated rings. The van der Waals surface area contributed by atoms with E-state index in [0.717, 1.165) is 19.3 Å². The SMILES string of the molecule is CCC1(C(=O)S)CCCC(N([Si](C)(C)C)[Si](C)(C)C)C1. The van der Waals surface area contributed by atoms with Crippen molar-refractivity contribution < 1.29 is 4.79 Å². The Hall–Kier alpha value is 0.414. The molecular formula is C15H33NOSSi2. The number of nitrogens with zero attached hydrogens (tertiary/aromatic N) is 1. The normalized spacial score (nSPS) is 28.8. The van der Waals surface area contributed by atoms with Gasteiger partial charge in [-0.3, -0.25) is 4.79 Å². The highest BCUT2D eigenvalue weighted by atomic mass is 32.1. The third-order valence-corrected chi connectivity index (χ3v) is 12.9. The highest BCUT2D eigenvalue weighted by Gasteiger charge is 2.46. The molecule has 118 valence electrons. The Balaban J connectivity index is 3.08. The molecule has 0 radical (unpaired) electrons. The number of carbonyl (C=O) groups is 1. The van der Waals surface area contributed by atoms with Gasteiger partial charge in [0.25, 0.3) is 0 Å². The van der Waals surface area contributed by atoms with Crippen LogP contribution in [0.1, 0.15) is 39.0 Å². The Kier molecular flexibility index (Phi) is 5.78. The van der Waals surface area contributed by atoms with Gasteiger partial charge in [-0.15, -0.1) is 12.6 Å². The standard InChI is InChI=1S/C15H33NOSSi2/c1-8-15(14(17)18)11-9-10-13(12-15)16(19(2,3)4)20(5,6)7/h13H,8-12H2,1-7H3,(H,17,18). The predicted molar refractivity (Wildman–Crippen MR) is 97.5 cm³/mol. The Bertz CT molecular complexity index is 348. The zero-order valence-corrected chi connectivity index (χ0v) is 17.3. The summed E-state index contributed by atoms with van der Waals surface area (Å²) < 4.78 is 2.89. The molecular weight excluding hydrogens is 298 g/mol. The van der Waals surface area contributed by atoms with Gasteiger partial charge in [0.1, 0.15) is 16.5 Å². The summed E-state index contributed by atoms with van der Waals surface area (Å²) in [5, 5.41) is 0.121. The third-order valence-electron chi connectivity index (χ3n) is 4.76. The van der Waals surface area contributed by atoms with Crippen LogP contribution in [0.5, 0.6) is 0 Å². The summed E-state index contributed by atoms with van der Waals surface area (Å²) in [6.45, 7) is 16.9. The summed E-state index contributed by atoms with van der Waals surface area (Å²) >= 11 is 4.23. The van der Waals surface area contributed by atoms with Crippen molar-refractivity contribution in [2.45, 2.75) is 84.4 Å². The van der Waals surface area contributed by atoms with Gasteiger partial charge in [-0.05, 0) is 31.7 Å². The third kappa shape index (κ3) is 3.99. The highest BCUT2D eigenvalue weighted by molar-refractivity contribution is 7.96. The van der Waals surface area contributed by atoms with E-state index in [4.69, 9.17) is 0 Å². The molecule has 0 spiro atoms. The van der Waals surface area contributed by atoms with E-state index in [1.165, 1.54) is 12.8 Å². The fourth-order valence-corrected chi connectivity index (χ4v) is 15.4. The van der Waals surface area contributed by atoms with Crippen LogP contribution >= 0.6 is 12.6 Å². The van der Waals surface area contributed by atoms with Crippen molar-refractivity contribution in [1.29, 1.82) is 0 Å². The lowest BCUT2D eigenvalue weighted by atomic mass is 9.71. The van der Waals surface area contributed by atoms with Crippen molar-refractivity contribution >= 4 is 34.2 Å². The van der Waals surface area contributed by atoms with E-state index in [-0.39, 0.29) is 10.5 Å². The number of hydrogen-bond acceptors (Lipinski definition) is 2. The lowest BCUT2D eigenvalue weighted by Crippen LogP contribution is -2.64. The molecule has 0 aromatic carbocycles. The van der Waals surface area contributed by atoms with Crippen LogP contribution in [0.3, 0.4) is 0 Å². The maximum atomic E-state index is 12.1. The molecule has 0 amide bonds. The number of carbonyl (C=O) groups excluding carboxylic acids is 1. The van der Waals surface area contributed by atoms with Gasteiger partial charge in [0.05, 0.1) is 0 Å². The second-order valence-corrected chi connectivity index (χ2v) is 18.9. The van der Waals surface area contributed by atoms with Crippen LogP contribution < -0.4 is 0 Å². The number of rotatable bonds is 5. The zero-order chi connectivity index (χ0) is 15.8. The Labute approximate surface area is 133 Å². The summed E-state index contributed by atoms with van der Waals surface area (Å²) in [5.41, 5.74) is -0.163. The van der Waals surface area contributed by atoms with Crippen molar-refractivity contribution in [3.63, 3.8) is 0 Å². The summed E-state index contributed by atoms with van der Waals surface area (Å²) in [5.74, 6) is 0. The number of hydrogen-bond donors (Lipinski definition) is 1. The van der Waals surface area contributed by atoms with Crippen molar-refractivity contribution in [1.82, 2.24) is 4.23 Å². The minimum atomic E-state index is -1.36. The zero-order valence-electron chi connectivity index (χ0n) is 14.4. The van der Waals surface area contributed by atoms with E-state index < -0.39 is 16.5 Å². The van der Waals surface area contributed by atoms with Gasteiger partial charge in [-0.2, -0.15) is 0 Å². The van der Waals surface area contributed by atoms with E-state index in [2.05, 4.69) is 63.1 Å².